The molecule has 20 heteroatoms. The Labute approximate surface area is 427 Å². The van der Waals surface area contributed by atoms with Gasteiger partial charge in [0.05, 0.1) is 35.8 Å². The Hall–Kier alpha value is -5.51. The van der Waals surface area contributed by atoms with Crippen molar-refractivity contribution in [2.45, 2.75) is 153 Å². The van der Waals surface area contributed by atoms with E-state index < -0.39 is 178 Å². The molecule has 7 N–H and O–H groups in total. The van der Waals surface area contributed by atoms with Gasteiger partial charge >= 0.3 is 23.9 Å². The molecule has 5 saturated carbocycles. The van der Waals surface area contributed by atoms with Gasteiger partial charge in [0.25, 0.3) is 11.8 Å². The number of benzene rings is 2. The fourth-order valence-electron chi connectivity index (χ4n) is 16.1. The molecular formula is C54H67N3O17. The number of hydrogen-bond donors (Lipinski definition) is 7. The first-order chi connectivity index (χ1) is 34.9. The van der Waals surface area contributed by atoms with E-state index in [1.54, 1.807) is 74.5 Å². The molecule has 3 amide bonds. The molecular weight excluding hydrogens is 963 g/mol. The van der Waals surface area contributed by atoms with E-state index in [4.69, 9.17) is 28.4 Å². The normalized spacial score (nSPS) is 44.3. The molecule has 23 atom stereocenters. The van der Waals surface area contributed by atoms with Crippen LogP contribution in [-0.2, 0) is 57.2 Å². The molecule has 400 valence electrons. The number of amides is 3. The zero-order valence-corrected chi connectivity index (χ0v) is 42.6. The monoisotopic (exact) mass is 1030 g/mol. The average molecular weight is 1030 g/mol. The Morgan fingerprint density at radius 1 is 0.797 bits per heavy atom. The van der Waals surface area contributed by atoms with E-state index >= 15 is 0 Å². The van der Waals surface area contributed by atoms with E-state index in [0.717, 1.165) is 0 Å². The molecule has 3 aliphatic heterocycles. The second-order valence-corrected chi connectivity index (χ2v) is 22.9. The number of nitrogens with one attached hydrogen (secondary N) is 3. The number of rotatable bonds is 13. The van der Waals surface area contributed by atoms with Crippen molar-refractivity contribution in [3.05, 3.63) is 71.8 Å². The molecule has 0 aromatic heterocycles. The third kappa shape index (κ3) is 7.46. The quantitative estimate of drug-likeness (QED) is 0.0646. The molecule has 0 radical (unpaired) electrons. The zero-order valence-electron chi connectivity index (χ0n) is 42.6. The summed E-state index contributed by atoms with van der Waals surface area (Å²) < 4.78 is 37.3. The summed E-state index contributed by atoms with van der Waals surface area (Å²) in [5.41, 5.74) is -5.73. The summed E-state index contributed by atoms with van der Waals surface area (Å²) in [6.07, 6.45) is -10.1. The Bertz CT molecular complexity index is 2620. The van der Waals surface area contributed by atoms with Gasteiger partial charge in [0.2, 0.25) is 11.7 Å². The molecule has 0 unspecified atom stereocenters. The molecule has 2 aromatic rings. The fourth-order valence-corrected chi connectivity index (χ4v) is 16.1. The van der Waals surface area contributed by atoms with Crippen molar-refractivity contribution in [1.82, 2.24) is 16.0 Å². The van der Waals surface area contributed by atoms with Crippen LogP contribution in [0.15, 0.2) is 60.7 Å². The lowest BCUT2D eigenvalue weighted by molar-refractivity contribution is -0.286. The van der Waals surface area contributed by atoms with Crippen LogP contribution in [0.5, 0.6) is 0 Å². The van der Waals surface area contributed by atoms with Crippen molar-refractivity contribution >= 4 is 41.6 Å². The molecule has 5 aliphatic carbocycles. The highest BCUT2D eigenvalue weighted by Crippen LogP contribution is 2.81. The van der Waals surface area contributed by atoms with Crippen LogP contribution in [0.3, 0.4) is 0 Å². The highest BCUT2D eigenvalue weighted by molar-refractivity contribution is 5.95. The fraction of sp³-hybridized carbons (Fsp3) is 0.648. The van der Waals surface area contributed by atoms with Gasteiger partial charge in [0.15, 0.2) is 11.7 Å². The highest BCUT2D eigenvalue weighted by Gasteiger charge is 2.93. The number of fused-ring (bicyclic) bond motifs is 9. The molecule has 3 heterocycles. The van der Waals surface area contributed by atoms with Crippen LogP contribution in [0.4, 0.5) is 0 Å². The standard InChI is InChI=1S/C54H67N3O17/c1-23-33-36(52(7)53(8,68)49(67)74-54(52)44(23)73-54)40(63)34-32-35(43(69-24(2)58)46(51(33,34)6)71-26(4)60)50(5)29(22-30-42(72-30)45(50)70-25(3)59)38(39(32)62)56-31(61)20-15-21-55-48(66)41(64)37(27-16-11-9-12-17-27)57-47(65)28-18-13-10-14-19-28/h9-14,16-19,23,29-30,32-46,62-64,68H,15,20-22H2,1-8H3,(H,55,66)(H,56,61)(H,57,65)/t23-,29+,30-,32-,33-,34+,35+,36-,37-,38-,39+,40+,41+,42-,43-,44+,45-,46-,50-,51+,52-,53+,54-/m0/s1. The van der Waals surface area contributed by atoms with Crippen molar-refractivity contribution in [3.8, 4) is 0 Å². The molecule has 3 saturated heterocycles. The number of carbonyl (C=O) groups is 7. The minimum absolute atomic E-state index is 0.0703. The van der Waals surface area contributed by atoms with Crippen LogP contribution in [0.1, 0.15) is 96.6 Å². The number of esters is 4. The van der Waals surface area contributed by atoms with Crippen LogP contribution in [0.25, 0.3) is 0 Å². The number of hydrogen-bond acceptors (Lipinski definition) is 17. The van der Waals surface area contributed by atoms with Gasteiger partial charge in [0.1, 0.15) is 30.5 Å². The first kappa shape index (κ1) is 52.0. The lowest BCUT2D eigenvalue weighted by atomic mass is 9.40. The third-order valence-corrected chi connectivity index (χ3v) is 19.3. The third-order valence-electron chi connectivity index (χ3n) is 19.3. The van der Waals surface area contributed by atoms with Gasteiger partial charge in [-0.3, -0.25) is 28.8 Å². The number of carbonyl (C=O) groups excluding carboxylic acids is 7. The summed E-state index contributed by atoms with van der Waals surface area (Å²) in [5.74, 6) is -12.8. The van der Waals surface area contributed by atoms with Crippen LogP contribution in [0.2, 0.25) is 0 Å². The van der Waals surface area contributed by atoms with Gasteiger partial charge in [-0.25, -0.2) is 4.79 Å². The van der Waals surface area contributed by atoms with Crippen molar-refractivity contribution in [2.24, 2.45) is 57.7 Å². The van der Waals surface area contributed by atoms with Crippen molar-refractivity contribution in [1.29, 1.82) is 0 Å². The van der Waals surface area contributed by atoms with Crippen molar-refractivity contribution in [3.63, 3.8) is 0 Å². The second kappa shape index (κ2) is 18.1. The Morgan fingerprint density at radius 3 is 2.05 bits per heavy atom. The topological polar surface area (TPSA) is 298 Å². The van der Waals surface area contributed by atoms with Crippen molar-refractivity contribution in [2.75, 3.05) is 6.54 Å². The number of aliphatic hydroxyl groups is 4. The molecule has 8 fully saturated rings. The van der Waals surface area contributed by atoms with E-state index in [1.807, 2.05) is 13.8 Å². The van der Waals surface area contributed by atoms with Gasteiger partial charge in [-0.05, 0) is 68.1 Å². The van der Waals surface area contributed by atoms with Gasteiger partial charge in [-0.15, -0.1) is 0 Å². The molecule has 1 spiro atoms. The molecule has 74 heavy (non-hydrogen) atoms. The van der Waals surface area contributed by atoms with Gasteiger partial charge in [0, 0.05) is 67.9 Å². The predicted octanol–water partition coefficient (Wildman–Crippen LogP) is 1.40. The summed E-state index contributed by atoms with van der Waals surface area (Å²) in [4.78, 5) is 94.8. The minimum Gasteiger partial charge on any atom is -0.459 e. The van der Waals surface area contributed by atoms with Crippen LogP contribution in [-0.4, -0.2) is 141 Å². The molecule has 2 aromatic carbocycles. The smallest absolute Gasteiger partial charge is 0.341 e. The summed E-state index contributed by atoms with van der Waals surface area (Å²) in [7, 11) is 0. The average Bonchev–Trinajstić information content (AvgIpc) is 4.27. The largest absolute Gasteiger partial charge is 0.459 e. The maximum Gasteiger partial charge on any atom is 0.341 e. The van der Waals surface area contributed by atoms with Crippen LogP contribution >= 0.6 is 0 Å². The molecule has 8 aliphatic rings. The SMILES string of the molecule is CC(=O)O[C@H]1[C@H]2[C@@H]([C@@H](O)[C@@H](NC(=O)CCCNC(=O)[C@H](O)[C@@H](NC(=O)c3ccccc3)c3ccccc3)[C@H]3C[C@@H]4O[C@@H]4[C@H](OC(C)=O)[C@]23C)[C@@H]2[C@@H](O)[C@@H]3[C@H]([C@H](C)[C@H]4O[C@]45OC(=O)[C@@](C)(O)[C@]35C)[C@@]2(C)[C@H]1OC(C)=O. The lowest BCUT2D eigenvalue weighted by Crippen LogP contribution is -2.77. The number of epoxide rings is 2. The lowest BCUT2D eigenvalue weighted by Gasteiger charge is -2.67. The predicted molar refractivity (Wildman–Crippen MR) is 254 cm³/mol. The highest BCUT2D eigenvalue weighted by atomic mass is 16.8. The Balaban J connectivity index is 0.968. The Kier molecular flexibility index (Phi) is 12.7. The minimum atomic E-state index is -2.19. The first-order valence-electron chi connectivity index (χ1n) is 25.7. The van der Waals surface area contributed by atoms with Gasteiger partial charge in [-0.2, -0.15) is 0 Å². The van der Waals surface area contributed by atoms with E-state index in [9.17, 15) is 54.0 Å². The molecule has 0 bridgehead atoms. The summed E-state index contributed by atoms with van der Waals surface area (Å²) in [6, 6.07) is 14.6. The molecule has 10 rings (SSSR count). The van der Waals surface area contributed by atoms with E-state index in [2.05, 4.69) is 16.0 Å². The number of aliphatic hydroxyl groups excluding tert-OH is 3. The number of ether oxygens (including phenoxy) is 6. The van der Waals surface area contributed by atoms with E-state index in [0.29, 0.717) is 11.1 Å². The first-order valence-corrected chi connectivity index (χ1v) is 25.7. The second-order valence-electron chi connectivity index (χ2n) is 22.9. The van der Waals surface area contributed by atoms with Gasteiger partial charge in [-0.1, -0.05) is 69.3 Å². The van der Waals surface area contributed by atoms with Gasteiger partial charge < -0.3 is 64.8 Å². The van der Waals surface area contributed by atoms with Crippen LogP contribution < -0.4 is 16.0 Å². The summed E-state index contributed by atoms with van der Waals surface area (Å²) >= 11 is 0. The maximum atomic E-state index is 14.4. The summed E-state index contributed by atoms with van der Waals surface area (Å²) in [6.45, 7) is 12.1. The Morgan fingerprint density at radius 2 is 1.42 bits per heavy atom. The van der Waals surface area contributed by atoms with Crippen molar-refractivity contribution < 1.29 is 82.4 Å². The van der Waals surface area contributed by atoms with E-state index in [-0.39, 0.29) is 25.8 Å². The molecule has 20 nitrogen and oxygen atoms in total. The maximum absolute atomic E-state index is 14.4. The summed E-state index contributed by atoms with van der Waals surface area (Å²) in [5, 5.41) is 58.7. The zero-order chi connectivity index (χ0) is 53.4. The van der Waals surface area contributed by atoms with Crippen LogP contribution in [0, 0.1) is 57.7 Å². The van der Waals surface area contributed by atoms with E-state index in [1.165, 1.54) is 27.7 Å².